The van der Waals surface area contributed by atoms with E-state index in [9.17, 15) is 4.79 Å². The minimum absolute atomic E-state index is 0.285. The van der Waals surface area contributed by atoms with E-state index in [1.165, 1.54) is 11.3 Å². The van der Waals surface area contributed by atoms with Crippen molar-refractivity contribution in [3.05, 3.63) is 10.9 Å². The number of carbonyl (C=O) groups is 1. The van der Waals surface area contributed by atoms with Crippen LogP contribution >= 0.6 is 11.3 Å². The van der Waals surface area contributed by atoms with E-state index in [4.69, 9.17) is 16.2 Å². The third-order valence-electron chi connectivity index (χ3n) is 2.31. The summed E-state index contributed by atoms with van der Waals surface area (Å²) in [5.74, 6) is -0.476. The molecule has 1 rings (SSSR count). The van der Waals surface area contributed by atoms with Crippen LogP contribution in [0.15, 0.2) is 6.07 Å². The number of carbonyl (C=O) groups excluding carboxylic acids is 1. The van der Waals surface area contributed by atoms with Crippen LogP contribution in [0.5, 0.6) is 0 Å². The largest absolute Gasteiger partial charge is 0.397 e. The number of ether oxygens (including phenoxy) is 1. The lowest BCUT2D eigenvalue weighted by Crippen LogP contribution is -2.10. The molecule has 0 aliphatic heterocycles. The molecule has 6 heteroatoms. The highest BCUT2D eigenvalue weighted by Crippen LogP contribution is 2.28. The summed E-state index contributed by atoms with van der Waals surface area (Å²) >= 11 is 1.29. The highest BCUT2D eigenvalue weighted by molar-refractivity contribution is 7.18. The van der Waals surface area contributed by atoms with Gasteiger partial charge < -0.3 is 21.5 Å². The van der Waals surface area contributed by atoms with E-state index < -0.39 is 5.91 Å². The molecule has 18 heavy (non-hydrogen) atoms. The van der Waals surface area contributed by atoms with Gasteiger partial charge in [0.1, 0.15) is 4.88 Å². The van der Waals surface area contributed by atoms with Gasteiger partial charge in [0.15, 0.2) is 0 Å². The van der Waals surface area contributed by atoms with Crippen LogP contribution in [0, 0.1) is 0 Å². The Balaban J connectivity index is 2.23. The fraction of sp³-hybridized carbons (Fsp3) is 0.583. The van der Waals surface area contributed by atoms with Gasteiger partial charge in [0.05, 0.1) is 16.8 Å². The Kier molecular flexibility index (Phi) is 5.94. The van der Waals surface area contributed by atoms with E-state index >= 15 is 0 Å². The normalized spacial score (nSPS) is 10.8. The summed E-state index contributed by atoms with van der Waals surface area (Å²) in [5, 5.41) is 4.10. The molecule has 0 spiro atoms. The first-order valence-corrected chi connectivity index (χ1v) is 6.87. The predicted molar refractivity (Wildman–Crippen MR) is 76.1 cm³/mol. The summed E-state index contributed by atoms with van der Waals surface area (Å²) in [6, 6.07) is 1.75. The molecule has 0 aliphatic carbocycles. The van der Waals surface area contributed by atoms with Gasteiger partial charge in [0, 0.05) is 13.2 Å². The molecule has 0 aromatic carbocycles. The van der Waals surface area contributed by atoms with E-state index in [2.05, 4.69) is 5.32 Å². The Morgan fingerprint density at radius 2 is 2.22 bits per heavy atom. The molecule has 0 atom stereocenters. The first-order valence-electron chi connectivity index (χ1n) is 6.05. The summed E-state index contributed by atoms with van der Waals surface area (Å²) in [5.41, 5.74) is 11.3. The zero-order chi connectivity index (χ0) is 13.5. The highest BCUT2D eigenvalue weighted by atomic mass is 32.1. The van der Waals surface area contributed by atoms with Gasteiger partial charge in [0.25, 0.3) is 5.91 Å². The lowest BCUT2D eigenvalue weighted by atomic mass is 10.3. The fourth-order valence-corrected chi connectivity index (χ4v) is 2.30. The number of rotatable bonds is 8. The summed E-state index contributed by atoms with van der Waals surface area (Å²) < 4.78 is 5.44. The van der Waals surface area contributed by atoms with Gasteiger partial charge in [0.2, 0.25) is 0 Å². The third-order valence-corrected chi connectivity index (χ3v) is 3.43. The Morgan fingerprint density at radius 3 is 2.78 bits per heavy atom. The first-order chi connectivity index (χ1) is 8.50. The molecule has 0 radical (unpaired) electrons. The smallest absolute Gasteiger partial charge is 0.260 e. The number of nitrogen functional groups attached to an aromatic ring is 1. The first kappa shape index (κ1) is 14.8. The van der Waals surface area contributed by atoms with Crippen molar-refractivity contribution >= 4 is 27.9 Å². The number of thiophene rings is 1. The molecule has 0 unspecified atom stereocenters. The monoisotopic (exact) mass is 271 g/mol. The van der Waals surface area contributed by atoms with Gasteiger partial charge in [-0.15, -0.1) is 11.3 Å². The van der Waals surface area contributed by atoms with E-state index in [1.807, 2.05) is 13.8 Å². The third kappa shape index (κ3) is 4.93. The molecule has 0 fully saturated rings. The number of amides is 1. The lowest BCUT2D eigenvalue weighted by Gasteiger charge is -2.07. The summed E-state index contributed by atoms with van der Waals surface area (Å²) in [6.07, 6.45) is 2.30. The highest BCUT2D eigenvalue weighted by Gasteiger charge is 2.10. The van der Waals surface area contributed by atoms with Crippen LogP contribution in [-0.4, -0.2) is 25.2 Å². The van der Waals surface area contributed by atoms with Crippen molar-refractivity contribution in [2.75, 3.05) is 24.2 Å². The maximum absolute atomic E-state index is 11.0. The van der Waals surface area contributed by atoms with Crippen molar-refractivity contribution < 1.29 is 9.53 Å². The Morgan fingerprint density at radius 1 is 1.50 bits per heavy atom. The fourth-order valence-electron chi connectivity index (χ4n) is 1.44. The van der Waals surface area contributed by atoms with E-state index in [0.29, 0.717) is 10.6 Å². The molecule has 0 bridgehead atoms. The average molecular weight is 271 g/mol. The molecule has 0 saturated carbocycles. The summed E-state index contributed by atoms with van der Waals surface area (Å²) in [7, 11) is 0. The van der Waals surface area contributed by atoms with Crippen molar-refractivity contribution in [1.82, 2.24) is 0 Å². The number of hydrogen-bond donors (Lipinski definition) is 3. The van der Waals surface area contributed by atoms with Crippen molar-refractivity contribution in [3.63, 3.8) is 0 Å². The molecule has 0 saturated heterocycles. The number of hydrogen-bond acceptors (Lipinski definition) is 5. The molecule has 1 amide bonds. The Labute approximate surface area is 111 Å². The van der Waals surface area contributed by atoms with Crippen LogP contribution in [-0.2, 0) is 4.74 Å². The average Bonchev–Trinajstić information content (AvgIpc) is 2.64. The van der Waals surface area contributed by atoms with Gasteiger partial charge in [-0.1, -0.05) is 0 Å². The van der Waals surface area contributed by atoms with Crippen LogP contribution in [0.2, 0.25) is 0 Å². The molecule has 1 heterocycles. The van der Waals surface area contributed by atoms with E-state index in [-0.39, 0.29) is 6.10 Å². The van der Waals surface area contributed by atoms with Crippen LogP contribution in [0.3, 0.4) is 0 Å². The standard InChI is InChI=1S/C12H21N3O2S/c1-8(2)17-6-4-3-5-15-10-7-9(13)11(18-10)12(14)16/h7-8,15H,3-6,13H2,1-2H3,(H2,14,16). The van der Waals surface area contributed by atoms with Crippen molar-refractivity contribution in [3.8, 4) is 0 Å². The van der Waals surface area contributed by atoms with Gasteiger partial charge in [-0.25, -0.2) is 0 Å². The number of primary amides is 1. The Bertz CT molecular complexity index is 391. The van der Waals surface area contributed by atoms with Crippen molar-refractivity contribution in [2.45, 2.75) is 32.8 Å². The summed E-state index contributed by atoms with van der Waals surface area (Å²) in [6.45, 7) is 5.66. The SMILES string of the molecule is CC(C)OCCCCNc1cc(N)c(C(N)=O)s1. The summed E-state index contributed by atoms with van der Waals surface area (Å²) in [4.78, 5) is 11.4. The van der Waals surface area contributed by atoms with Crippen LogP contribution in [0.4, 0.5) is 10.7 Å². The molecule has 102 valence electrons. The molecular formula is C12H21N3O2S. The van der Waals surface area contributed by atoms with Crippen LogP contribution < -0.4 is 16.8 Å². The number of anilines is 2. The molecular weight excluding hydrogens is 250 g/mol. The van der Waals surface area contributed by atoms with E-state index in [1.54, 1.807) is 6.07 Å². The predicted octanol–water partition coefficient (Wildman–Crippen LogP) is 2.05. The van der Waals surface area contributed by atoms with Gasteiger partial charge in [-0.2, -0.15) is 0 Å². The van der Waals surface area contributed by atoms with Gasteiger partial charge >= 0.3 is 0 Å². The second-order valence-corrected chi connectivity index (χ2v) is 5.36. The van der Waals surface area contributed by atoms with E-state index in [0.717, 1.165) is 31.0 Å². The number of nitrogens with two attached hydrogens (primary N) is 2. The number of unbranched alkanes of at least 4 members (excludes halogenated alkanes) is 1. The quantitative estimate of drug-likeness (QED) is 0.631. The zero-order valence-electron chi connectivity index (χ0n) is 10.9. The topological polar surface area (TPSA) is 90.4 Å². The second-order valence-electron chi connectivity index (χ2n) is 4.31. The van der Waals surface area contributed by atoms with Crippen LogP contribution in [0.25, 0.3) is 0 Å². The lowest BCUT2D eigenvalue weighted by molar-refractivity contribution is 0.0765. The van der Waals surface area contributed by atoms with Gasteiger partial charge in [-0.3, -0.25) is 4.79 Å². The van der Waals surface area contributed by atoms with Crippen LogP contribution in [0.1, 0.15) is 36.4 Å². The second kappa shape index (κ2) is 7.23. The number of nitrogens with one attached hydrogen (secondary N) is 1. The Hall–Kier alpha value is -1.27. The zero-order valence-corrected chi connectivity index (χ0v) is 11.7. The van der Waals surface area contributed by atoms with Crippen molar-refractivity contribution in [2.24, 2.45) is 5.73 Å². The molecule has 0 aliphatic rings. The molecule has 5 nitrogen and oxygen atoms in total. The minimum Gasteiger partial charge on any atom is -0.397 e. The maximum atomic E-state index is 11.0. The maximum Gasteiger partial charge on any atom is 0.260 e. The van der Waals surface area contributed by atoms with Gasteiger partial charge in [-0.05, 0) is 32.8 Å². The van der Waals surface area contributed by atoms with Crippen molar-refractivity contribution in [1.29, 1.82) is 0 Å². The molecule has 1 aromatic rings. The minimum atomic E-state index is -0.476. The molecule has 1 aromatic heterocycles. The molecule has 5 N–H and O–H groups in total.